The molecule has 1 aliphatic rings. The van der Waals surface area contributed by atoms with E-state index in [1.165, 1.54) is 37.9 Å². The fourth-order valence-corrected chi connectivity index (χ4v) is 2.45. The highest BCUT2D eigenvalue weighted by Gasteiger charge is 2.13. The lowest BCUT2D eigenvalue weighted by atomic mass is 10.1. The molecule has 16 heavy (non-hydrogen) atoms. The number of likely N-dealkylation sites (tertiary alicyclic amines) is 1. The van der Waals surface area contributed by atoms with Crippen molar-refractivity contribution >= 4 is 5.78 Å². The summed E-state index contributed by atoms with van der Waals surface area (Å²) < 4.78 is 1.93. The Morgan fingerprint density at radius 3 is 2.56 bits per heavy atom. The molecule has 3 heteroatoms. The molecule has 0 aromatic carbocycles. The van der Waals surface area contributed by atoms with Gasteiger partial charge in [0.1, 0.15) is 0 Å². The summed E-state index contributed by atoms with van der Waals surface area (Å²) in [5, 5.41) is 0. The van der Waals surface area contributed by atoms with Crippen molar-refractivity contribution in [3.05, 3.63) is 23.5 Å². The lowest BCUT2D eigenvalue weighted by Gasteiger charge is -2.25. The Hall–Kier alpha value is -1.09. The summed E-state index contributed by atoms with van der Waals surface area (Å²) in [5.74, 6) is 0.146. The van der Waals surface area contributed by atoms with Gasteiger partial charge in [-0.25, -0.2) is 0 Å². The first-order valence-electron chi connectivity index (χ1n) is 6.05. The lowest BCUT2D eigenvalue weighted by molar-refractivity contribution is 0.101. The van der Waals surface area contributed by atoms with Crippen LogP contribution >= 0.6 is 0 Å². The molecule has 0 spiro atoms. The van der Waals surface area contributed by atoms with E-state index in [0.29, 0.717) is 0 Å². The van der Waals surface area contributed by atoms with Gasteiger partial charge in [-0.1, -0.05) is 6.42 Å². The van der Waals surface area contributed by atoms with Crippen LogP contribution in [0.5, 0.6) is 0 Å². The predicted octanol–water partition coefficient (Wildman–Crippen LogP) is 2.21. The van der Waals surface area contributed by atoms with Crippen molar-refractivity contribution in [2.45, 2.75) is 32.7 Å². The minimum absolute atomic E-state index is 0.146. The van der Waals surface area contributed by atoms with Crippen LogP contribution < -0.4 is 0 Å². The van der Waals surface area contributed by atoms with E-state index in [1.54, 1.807) is 6.92 Å². The molecule has 1 aliphatic heterocycles. The largest absolute Gasteiger partial charge is 0.348 e. The molecule has 3 nitrogen and oxygen atoms in total. The first-order chi connectivity index (χ1) is 7.66. The van der Waals surface area contributed by atoms with Crippen LogP contribution in [0.1, 0.15) is 42.2 Å². The van der Waals surface area contributed by atoms with Gasteiger partial charge in [-0.3, -0.25) is 9.69 Å². The monoisotopic (exact) mass is 220 g/mol. The van der Waals surface area contributed by atoms with Crippen LogP contribution in [0.2, 0.25) is 0 Å². The van der Waals surface area contributed by atoms with E-state index in [1.807, 2.05) is 17.7 Å². The van der Waals surface area contributed by atoms with Gasteiger partial charge in [0.25, 0.3) is 0 Å². The highest BCUT2D eigenvalue weighted by atomic mass is 16.1. The van der Waals surface area contributed by atoms with Gasteiger partial charge in [0, 0.05) is 26.7 Å². The fraction of sp³-hybridized carbons (Fsp3) is 0.615. The van der Waals surface area contributed by atoms with Gasteiger partial charge in [-0.2, -0.15) is 0 Å². The maximum atomic E-state index is 11.3. The average Bonchev–Trinajstić information content (AvgIpc) is 2.61. The second-order valence-electron chi connectivity index (χ2n) is 4.74. The summed E-state index contributed by atoms with van der Waals surface area (Å²) in [6.45, 7) is 5.01. The zero-order valence-corrected chi connectivity index (χ0v) is 10.2. The number of hydrogen-bond acceptors (Lipinski definition) is 2. The second kappa shape index (κ2) is 4.83. The smallest absolute Gasteiger partial charge is 0.176 e. The Morgan fingerprint density at radius 1 is 1.31 bits per heavy atom. The topological polar surface area (TPSA) is 25.2 Å². The molecule has 0 bridgehead atoms. The molecule has 0 aliphatic carbocycles. The maximum absolute atomic E-state index is 11.3. The summed E-state index contributed by atoms with van der Waals surface area (Å²) in [6, 6.07) is 2.02. The van der Waals surface area contributed by atoms with Crippen LogP contribution in [0.3, 0.4) is 0 Å². The van der Waals surface area contributed by atoms with E-state index in [2.05, 4.69) is 11.1 Å². The Bertz CT molecular complexity index is 375. The predicted molar refractivity (Wildman–Crippen MR) is 64.5 cm³/mol. The molecule has 1 aromatic rings. The van der Waals surface area contributed by atoms with Crippen LogP contribution in [-0.4, -0.2) is 28.3 Å². The van der Waals surface area contributed by atoms with Crippen molar-refractivity contribution in [1.82, 2.24) is 9.47 Å². The molecule has 1 aromatic heterocycles. The van der Waals surface area contributed by atoms with Gasteiger partial charge in [0.05, 0.1) is 5.69 Å². The van der Waals surface area contributed by atoms with Crippen molar-refractivity contribution < 1.29 is 4.79 Å². The van der Waals surface area contributed by atoms with E-state index >= 15 is 0 Å². The van der Waals surface area contributed by atoms with Crippen LogP contribution in [0.15, 0.2) is 12.3 Å². The molecule has 2 heterocycles. The quantitative estimate of drug-likeness (QED) is 0.730. The second-order valence-corrected chi connectivity index (χ2v) is 4.74. The van der Waals surface area contributed by atoms with Gasteiger partial charge in [0.2, 0.25) is 0 Å². The first-order valence-corrected chi connectivity index (χ1v) is 6.05. The number of rotatable bonds is 3. The summed E-state index contributed by atoms with van der Waals surface area (Å²) in [4.78, 5) is 13.8. The number of hydrogen-bond donors (Lipinski definition) is 0. The van der Waals surface area contributed by atoms with E-state index < -0.39 is 0 Å². The Kier molecular flexibility index (Phi) is 3.44. The van der Waals surface area contributed by atoms with Crippen LogP contribution in [0, 0.1) is 0 Å². The molecular formula is C13H20N2O. The molecule has 0 atom stereocenters. The minimum Gasteiger partial charge on any atom is -0.348 e. The molecule has 2 rings (SSSR count). The summed E-state index contributed by atoms with van der Waals surface area (Å²) >= 11 is 0. The van der Waals surface area contributed by atoms with Crippen molar-refractivity contribution in [3.63, 3.8) is 0 Å². The third kappa shape index (κ3) is 2.53. The van der Waals surface area contributed by atoms with E-state index in [-0.39, 0.29) is 5.78 Å². The van der Waals surface area contributed by atoms with Crippen LogP contribution in [0.25, 0.3) is 0 Å². The van der Waals surface area contributed by atoms with Crippen molar-refractivity contribution in [3.8, 4) is 0 Å². The van der Waals surface area contributed by atoms with E-state index in [0.717, 1.165) is 12.2 Å². The average molecular weight is 220 g/mol. The first kappa shape index (κ1) is 11.4. The Balaban J connectivity index is 2.03. The Morgan fingerprint density at radius 2 is 2.00 bits per heavy atom. The van der Waals surface area contributed by atoms with Crippen molar-refractivity contribution in [1.29, 1.82) is 0 Å². The molecule has 0 saturated carbocycles. The van der Waals surface area contributed by atoms with Gasteiger partial charge in [-0.15, -0.1) is 0 Å². The zero-order chi connectivity index (χ0) is 11.5. The number of aromatic nitrogens is 1. The van der Waals surface area contributed by atoms with Gasteiger partial charge in [0.15, 0.2) is 5.78 Å². The SMILES string of the molecule is CC(=O)c1cc(CN2CCCCC2)cn1C. The number of Topliss-reactive ketones (excluding diaryl/α,β-unsaturated/α-hetero) is 1. The molecule has 1 fully saturated rings. The number of nitrogens with zero attached hydrogens (tertiary/aromatic N) is 2. The summed E-state index contributed by atoms with van der Waals surface area (Å²) in [5.41, 5.74) is 2.07. The third-order valence-corrected chi connectivity index (χ3v) is 3.28. The molecule has 0 radical (unpaired) electrons. The highest BCUT2D eigenvalue weighted by Crippen LogP contribution is 2.15. The number of carbonyl (C=O) groups excluding carboxylic acids is 1. The normalized spacial score (nSPS) is 17.6. The number of carbonyl (C=O) groups is 1. The zero-order valence-electron chi connectivity index (χ0n) is 10.2. The van der Waals surface area contributed by atoms with Gasteiger partial charge >= 0.3 is 0 Å². The molecule has 88 valence electrons. The number of aryl methyl sites for hydroxylation is 1. The molecule has 1 saturated heterocycles. The molecule has 0 unspecified atom stereocenters. The fourth-order valence-electron chi connectivity index (χ4n) is 2.45. The number of piperidine rings is 1. The van der Waals surface area contributed by atoms with Crippen LogP contribution in [0.4, 0.5) is 0 Å². The van der Waals surface area contributed by atoms with Gasteiger partial charge in [-0.05, 0) is 37.6 Å². The summed E-state index contributed by atoms with van der Waals surface area (Å²) in [6.07, 6.45) is 6.06. The minimum atomic E-state index is 0.146. The van der Waals surface area contributed by atoms with Crippen molar-refractivity contribution in [2.75, 3.05) is 13.1 Å². The van der Waals surface area contributed by atoms with Gasteiger partial charge < -0.3 is 4.57 Å². The summed E-state index contributed by atoms with van der Waals surface area (Å²) in [7, 11) is 1.94. The Labute approximate surface area is 97.1 Å². The van der Waals surface area contributed by atoms with E-state index in [9.17, 15) is 4.79 Å². The number of ketones is 1. The third-order valence-electron chi connectivity index (χ3n) is 3.28. The standard InChI is InChI=1S/C13H20N2O/c1-11(16)13-8-12(9-14(13)2)10-15-6-4-3-5-7-15/h8-9H,3-7,10H2,1-2H3. The molecule has 0 N–H and O–H groups in total. The maximum Gasteiger partial charge on any atom is 0.176 e. The van der Waals surface area contributed by atoms with Crippen LogP contribution in [-0.2, 0) is 13.6 Å². The molecule has 0 amide bonds. The molecular weight excluding hydrogens is 200 g/mol. The lowest BCUT2D eigenvalue weighted by Crippen LogP contribution is -2.28. The highest BCUT2D eigenvalue weighted by molar-refractivity contribution is 5.92. The van der Waals surface area contributed by atoms with Crippen molar-refractivity contribution in [2.24, 2.45) is 7.05 Å². The van der Waals surface area contributed by atoms with E-state index in [4.69, 9.17) is 0 Å².